The number of anilines is 1. The maximum atomic E-state index is 12.1. The number of aromatic nitrogens is 3. The van der Waals surface area contributed by atoms with Gasteiger partial charge < -0.3 is 19.9 Å². The maximum absolute atomic E-state index is 12.1. The average Bonchev–Trinajstić information content (AvgIpc) is 2.98. The molecular formula is C15H19N5O4. The van der Waals surface area contributed by atoms with E-state index in [4.69, 9.17) is 15.0 Å². The predicted molar refractivity (Wildman–Crippen MR) is 84.4 cm³/mol. The molecule has 0 aromatic carbocycles. The number of nitrogens with zero attached hydrogens (tertiary/aromatic N) is 4. The predicted octanol–water partition coefficient (Wildman–Crippen LogP) is 0.805. The fourth-order valence-electron chi connectivity index (χ4n) is 2.88. The Morgan fingerprint density at radius 2 is 2.04 bits per heavy atom. The number of rotatable bonds is 4. The van der Waals surface area contributed by atoms with E-state index in [-0.39, 0.29) is 29.8 Å². The van der Waals surface area contributed by atoms with Gasteiger partial charge in [0.05, 0.1) is 6.61 Å². The lowest BCUT2D eigenvalue weighted by Crippen LogP contribution is -2.39. The molecule has 1 fully saturated rings. The number of nitrogens with two attached hydrogens (primary N) is 1. The molecule has 3 heterocycles. The first-order chi connectivity index (χ1) is 11.5. The minimum absolute atomic E-state index is 0.0684. The largest absolute Gasteiger partial charge is 0.461 e. The molecular weight excluding hydrogens is 314 g/mol. The van der Waals surface area contributed by atoms with Crippen molar-refractivity contribution in [2.75, 3.05) is 24.6 Å². The van der Waals surface area contributed by atoms with Crippen molar-refractivity contribution in [3.05, 3.63) is 11.5 Å². The normalized spacial score (nSPS) is 15.7. The first-order valence-electron chi connectivity index (χ1n) is 7.86. The molecule has 3 rings (SSSR count). The lowest BCUT2D eigenvalue weighted by atomic mass is 9.96. The van der Waals surface area contributed by atoms with E-state index in [1.807, 2.05) is 4.90 Å². The fourth-order valence-corrected chi connectivity index (χ4v) is 2.88. The van der Waals surface area contributed by atoms with Gasteiger partial charge in [0.15, 0.2) is 0 Å². The highest BCUT2D eigenvalue weighted by Gasteiger charge is 2.29. The van der Waals surface area contributed by atoms with E-state index in [0.29, 0.717) is 43.0 Å². The Kier molecular flexibility index (Phi) is 4.32. The van der Waals surface area contributed by atoms with E-state index in [1.54, 1.807) is 13.8 Å². The number of carbonyl (C=O) groups excluding carboxylic acids is 2. The number of carbonyl (C=O) groups is 2. The molecule has 128 valence electrons. The second-order valence-electron chi connectivity index (χ2n) is 5.69. The number of hydrogen-bond donors (Lipinski definition) is 1. The monoisotopic (exact) mass is 333 g/mol. The molecule has 2 aromatic heterocycles. The zero-order valence-corrected chi connectivity index (χ0v) is 13.6. The summed E-state index contributed by atoms with van der Waals surface area (Å²) >= 11 is 0. The SMILES string of the molecule is CCOC(=O)c1noc2nc(C)nc(N3CCC(C(N)=O)CC3)c12. The van der Waals surface area contributed by atoms with Crippen LogP contribution in [0.1, 0.15) is 36.1 Å². The number of piperidine rings is 1. The molecule has 9 heteroatoms. The minimum Gasteiger partial charge on any atom is -0.461 e. The third kappa shape index (κ3) is 2.89. The summed E-state index contributed by atoms with van der Waals surface area (Å²) in [5.41, 5.74) is 5.69. The second kappa shape index (κ2) is 6.42. The van der Waals surface area contributed by atoms with Gasteiger partial charge in [-0.2, -0.15) is 4.98 Å². The summed E-state index contributed by atoms with van der Waals surface area (Å²) in [5.74, 6) is 0.102. The van der Waals surface area contributed by atoms with E-state index in [2.05, 4.69) is 15.1 Å². The summed E-state index contributed by atoms with van der Waals surface area (Å²) < 4.78 is 10.2. The van der Waals surface area contributed by atoms with Crippen molar-refractivity contribution < 1.29 is 18.8 Å². The Hall–Kier alpha value is -2.71. The van der Waals surface area contributed by atoms with Crippen molar-refractivity contribution in [2.45, 2.75) is 26.7 Å². The summed E-state index contributed by atoms with van der Waals surface area (Å²) in [6, 6.07) is 0. The van der Waals surface area contributed by atoms with Crippen LogP contribution < -0.4 is 10.6 Å². The number of fused-ring (bicyclic) bond motifs is 1. The molecule has 0 unspecified atom stereocenters. The highest BCUT2D eigenvalue weighted by atomic mass is 16.5. The molecule has 0 spiro atoms. The zero-order valence-electron chi connectivity index (χ0n) is 13.6. The molecule has 0 saturated carbocycles. The van der Waals surface area contributed by atoms with E-state index < -0.39 is 5.97 Å². The molecule has 24 heavy (non-hydrogen) atoms. The summed E-state index contributed by atoms with van der Waals surface area (Å²) in [6.07, 6.45) is 1.28. The third-order valence-electron chi connectivity index (χ3n) is 4.09. The standard InChI is InChI=1S/C15H19N5O4/c1-3-23-15(22)11-10-13(17-8(2)18-14(10)24-19-11)20-6-4-9(5-7-20)12(16)21/h9H,3-7H2,1-2H3,(H2,16,21). The Bertz CT molecular complexity index is 780. The Labute approximate surface area is 138 Å². The molecule has 0 radical (unpaired) electrons. The fraction of sp³-hybridized carbons (Fsp3) is 0.533. The maximum Gasteiger partial charge on any atom is 0.361 e. The highest BCUT2D eigenvalue weighted by molar-refractivity contribution is 6.04. The first-order valence-corrected chi connectivity index (χ1v) is 7.86. The van der Waals surface area contributed by atoms with Crippen LogP contribution in [-0.2, 0) is 9.53 Å². The lowest BCUT2D eigenvalue weighted by molar-refractivity contribution is -0.122. The quantitative estimate of drug-likeness (QED) is 0.815. The van der Waals surface area contributed by atoms with Crippen molar-refractivity contribution in [2.24, 2.45) is 11.7 Å². The van der Waals surface area contributed by atoms with Crippen LogP contribution in [0, 0.1) is 12.8 Å². The third-order valence-corrected chi connectivity index (χ3v) is 4.09. The van der Waals surface area contributed by atoms with Gasteiger partial charge >= 0.3 is 5.97 Å². The molecule has 0 bridgehead atoms. The highest BCUT2D eigenvalue weighted by Crippen LogP contribution is 2.30. The summed E-state index contributed by atoms with van der Waals surface area (Å²) in [6.45, 7) is 4.90. The summed E-state index contributed by atoms with van der Waals surface area (Å²) in [7, 11) is 0. The number of aryl methyl sites for hydroxylation is 1. The lowest BCUT2D eigenvalue weighted by Gasteiger charge is -2.31. The van der Waals surface area contributed by atoms with Gasteiger partial charge in [-0.25, -0.2) is 9.78 Å². The molecule has 1 saturated heterocycles. The van der Waals surface area contributed by atoms with Gasteiger partial charge in [0.25, 0.3) is 5.71 Å². The minimum atomic E-state index is -0.572. The van der Waals surface area contributed by atoms with E-state index in [9.17, 15) is 9.59 Å². The van der Waals surface area contributed by atoms with Crippen LogP contribution in [0.25, 0.3) is 11.1 Å². The topological polar surface area (TPSA) is 124 Å². The van der Waals surface area contributed by atoms with Gasteiger partial charge in [-0.15, -0.1) is 0 Å². The van der Waals surface area contributed by atoms with Crippen LogP contribution in [-0.4, -0.2) is 46.7 Å². The van der Waals surface area contributed by atoms with Crippen LogP contribution in [0.3, 0.4) is 0 Å². The van der Waals surface area contributed by atoms with Gasteiger partial charge in [0, 0.05) is 19.0 Å². The molecule has 1 aliphatic rings. The van der Waals surface area contributed by atoms with E-state index >= 15 is 0 Å². The zero-order chi connectivity index (χ0) is 17.3. The summed E-state index contributed by atoms with van der Waals surface area (Å²) in [5, 5.41) is 4.24. The van der Waals surface area contributed by atoms with Crippen molar-refractivity contribution in [1.82, 2.24) is 15.1 Å². The van der Waals surface area contributed by atoms with Crippen molar-refractivity contribution in [3.63, 3.8) is 0 Å². The molecule has 2 aromatic rings. The molecule has 1 amide bonds. The van der Waals surface area contributed by atoms with Gasteiger partial charge in [-0.3, -0.25) is 4.79 Å². The number of amides is 1. The number of primary amides is 1. The first kappa shape index (κ1) is 16.2. The number of hydrogen-bond acceptors (Lipinski definition) is 8. The molecule has 9 nitrogen and oxygen atoms in total. The van der Waals surface area contributed by atoms with Crippen LogP contribution >= 0.6 is 0 Å². The van der Waals surface area contributed by atoms with Gasteiger partial charge in [-0.1, -0.05) is 5.16 Å². The molecule has 0 aliphatic carbocycles. The van der Waals surface area contributed by atoms with Gasteiger partial charge in [-0.05, 0) is 26.7 Å². The summed E-state index contributed by atoms with van der Waals surface area (Å²) in [4.78, 5) is 34.1. The average molecular weight is 333 g/mol. The van der Waals surface area contributed by atoms with Crippen LogP contribution in [0.15, 0.2) is 4.52 Å². The van der Waals surface area contributed by atoms with Crippen LogP contribution in [0.2, 0.25) is 0 Å². The second-order valence-corrected chi connectivity index (χ2v) is 5.69. The Morgan fingerprint density at radius 1 is 1.33 bits per heavy atom. The van der Waals surface area contributed by atoms with Crippen molar-refractivity contribution in [3.8, 4) is 0 Å². The van der Waals surface area contributed by atoms with Gasteiger partial charge in [0.2, 0.25) is 11.6 Å². The van der Waals surface area contributed by atoms with Crippen LogP contribution in [0.5, 0.6) is 0 Å². The molecule has 1 aliphatic heterocycles. The van der Waals surface area contributed by atoms with Crippen molar-refractivity contribution >= 4 is 28.8 Å². The Balaban J connectivity index is 1.99. The molecule has 0 atom stereocenters. The van der Waals surface area contributed by atoms with E-state index in [1.165, 1.54) is 0 Å². The van der Waals surface area contributed by atoms with Crippen molar-refractivity contribution in [1.29, 1.82) is 0 Å². The number of esters is 1. The smallest absolute Gasteiger partial charge is 0.361 e. The Morgan fingerprint density at radius 3 is 2.67 bits per heavy atom. The van der Waals surface area contributed by atoms with Crippen LogP contribution in [0.4, 0.5) is 5.82 Å². The van der Waals surface area contributed by atoms with Gasteiger partial charge in [0.1, 0.15) is 17.0 Å². The van der Waals surface area contributed by atoms with E-state index in [0.717, 1.165) is 0 Å². The molecule has 2 N–H and O–H groups in total. The number of ether oxygens (including phenoxy) is 1.